The van der Waals surface area contributed by atoms with E-state index in [1.54, 1.807) is 54.6 Å². The van der Waals surface area contributed by atoms with Crippen LogP contribution in [0.1, 0.15) is 22.8 Å². The summed E-state index contributed by atoms with van der Waals surface area (Å²) in [6.07, 6.45) is 0.290. The number of nitriles is 1. The fourth-order valence-electron chi connectivity index (χ4n) is 2.18. The summed E-state index contributed by atoms with van der Waals surface area (Å²) in [6.45, 7) is 1.01. The number of nitrogens with zero attached hydrogens (tertiary/aromatic N) is 1. The van der Waals surface area contributed by atoms with Crippen molar-refractivity contribution in [2.24, 2.45) is 0 Å². The molecule has 27 heavy (non-hydrogen) atoms. The minimum atomic E-state index is -0.893. The van der Waals surface area contributed by atoms with Crippen LogP contribution in [0.15, 0.2) is 54.6 Å². The predicted octanol–water partition coefficient (Wildman–Crippen LogP) is 2.05. The molecule has 2 amide bonds. The van der Waals surface area contributed by atoms with Gasteiger partial charge in [-0.1, -0.05) is 30.3 Å². The lowest BCUT2D eigenvalue weighted by atomic mass is 10.1. The number of hydrogen-bond acceptors (Lipinski definition) is 5. The van der Waals surface area contributed by atoms with Crippen molar-refractivity contribution in [2.45, 2.75) is 19.4 Å². The monoisotopic (exact) mass is 365 g/mol. The quantitative estimate of drug-likeness (QED) is 0.730. The van der Waals surface area contributed by atoms with Crippen LogP contribution in [0.5, 0.6) is 0 Å². The Bertz CT molecular complexity index is 842. The van der Waals surface area contributed by atoms with E-state index in [0.29, 0.717) is 17.7 Å². The number of benzene rings is 2. The molecule has 0 aliphatic carbocycles. The van der Waals surface area contributed by atoms with Gasteiger partial charge in [0.2, 0.25) is 0 Å². The molecule has 0 bridgehead atoms. The highest BCUT2D eigenvalue weighted by molar-refractivity contribution is 5.97. The first-order valence-electron chi connectivity index (χ1n) is 8.28. The number of anilines is 1. The Labute approximate surface area is 156 Å². The van der Waals surface area contributed by atoms with Crippen molar-refractivity contribution in [3.8, 4) is 6.07 Å². The highest BCUT2D eigenvalue weighted by Crippen LogP contribution is 2.09. The molecule has 2 rings (SSSR count). The summed E-state index contributed by atoms with van der Waals surface area (Å²) in [7, 11) is 0. The van der Waals surface area contributed by atoms with Crippen molar-refractivity contribution in [1.29, 1.82) is 5.26 Å². The Balaban J connectivity index is 1.77. The minimum absolute atomic E-state index is 0.290. The number of amides is 2. The third-order valence-corrected chi connectivity index (χ3v) is 3.60. The Morgan fingerprint density at radius 2 is 1.74 bits per heavy atom. The molecule has 0 saturated carbocycles. The predicted molar refractivity (Wildman–Crippen MR) is 98.7 cm³/mol. The number of hydrogen-bond donors (Lipinski definition) is 2. The second-order valence-corrected chi connectivity index (χ2v) is 5.75. The van der Waals surface area contributed by atoms with Gasteiger partial charge in [-0.3, -0.25) is 9.59 Å². The summed E-state index contributed by atoms with van der Waals surface area (Å²) in [5.74, 6) is -1.61. The van der Waals surface area contributed by atoms with Crippen molar-refractivity contribution < 1.29 is 19.1 Å². The molecule has 0 aliphatic heterocycles. The van der Waals surface area contributed by atoms with Gasteiger partial charge >= 0.3 is 5.97 Å². The number of carbonyl (C=O) groups is 3. The molecule has 2 N–H and O–H groups in total. The number of ether oxygens (including phenoxy) is 1. The molecule has 0 radical (unpaired) electrons. The third kappa shape index (κ3) is 6.29. The van der Waals surface area contributed by atoms with Gasteiger partial charge in [-0.15, -0.1) is 0 Å². The van der Waals surface area contributed by atoms with Gasteiger partial charge in [0.05, 0.1) is 12.5 Å². The van der Waals surface area contributed by atoms with E-state index < -0.39 is 30.4 Å². The van der Waals surface area contributed by atoms with E-state index in [1.165, 1.54) is 6.92 Å². The second kappa shape index (κ2) is 9.73. The minimum Gasteiger partial charge on any atom is -0.454 e. The molecule has 0 unspecified atom stereocenters. The molecular formula is C20H19N3O4. The van der Waals surface area contributed by atoms with Gasteiger partial charge in [0.25, 0.3) is 11.8 Å². The van der Waals surface area contributed by atoms with E-state index in [2.05, 4.69) is 10.6 Å². The van der Waals surface area contributed by atoms with Gasteiger partial charge in [-0.25, -0.2) is 4.79 Å². The van der Waals surface area contributed by atoms with Crippen LogP contribution in [-0.2, 0) is 20.7 Å². The topological polar surface area (TPSA) is 108 Å². The summed E-state index contributed by atoms with van der Waals surface area (Å²) in [4.78, 5) is 35.8. The maximum absolute atomic E-state index is 12.0. The summed E-state index contributed by atoms with van der Waals surface area (Å²) in [6, 6.07) is 16.4. The maximum Gasteiger partial charge on any atom is 0.328 e. The summed E-state index contributed by atoms with van der Waals surface area (Å²) in [5.41, 5.74) is 1.79. The lowest BCUT2D eigenvalue weighted by molar-refractivity contribution is -0.148. The summed E-state index contributed by atoms with van der Waals surface area (Å²) >= 11 is 0. The van der Waals surface area contributed by atoms with E-state index >= 15 is 0 Å². The van der Waals surface area contributed by atoms with Crippen LogP contribution in [0.4, 0.5) is 5.69 Å². The maximum atomic E-state index is 12.0. The normalized spacial score (nSPS) is 11.0. The highest BCUT2D eigenvalue weighted by atomic mass is 16.5. The molecule has 0 saturated heterocycles. The average molecular weight is 365 g/mol. The van der Waals surface area contributed by atoms with Gasteiger partial charge in [-0.2, -0.15) is 5.26 Å². The second-order valence-electron chi connectivity index (χ2n) is 5.75. The fourth-order valence-corrected chi connectivity index (χ4v) is 2.18. The number of rotatable bonds is 7. The number of nitrogens with one attached hydrogen (secondary N) is 2. The molecule has 1 atom stereocenters. The lowest BCUT2D eigenvalue weighted by Gasteiger charge is -2.13. The average Bonchev–Trinajstić information content (AvgIpc) is 2.68. The Morgan fingerprint density at radius 3 is 2.37 bits per heavy atom. The van der Waals surface area contributed by atoms with Gasteiger partial charge in [-0.05, 0) is 36.8 Å². The number of esters is 1. The van der Waals surface area contributed by atoms with Crippen LogP contribution in [0.25, 0.3) is 0 Å². The first-order chi connectivity index (χ1) is 13.0. The molecule has 7 heteroatoms. The standard InChI is InChI=1S/C20H19N3O4/c1-14(22-19(25)16-5-3-2-4-6-16)20(26)27-13-18(24)23-17-9-7-15(8-10-17)11-12-21/h2-10,14H,11,13H2,1H3,(H,22,25)(H,23,24)/t14-/m0/s1. The van der Waals surface area contributed by atoms with Crippen LogP contribution in [0.3, 0.4) is 0 Å². The SMILES string of the molecule is C[C@H](NC(=O)c1ccccc1)C(=O)OCC(=O)Nc1ccc(CC#N)cc1. The molecule has 0 aliphatic rings. The molecular weight excluding hydrogens is 346 g/mol. The molecule has 2 aromatic rings. The van der Waals surface area contributed by atoms with Gasteiger partial charge < -0.3 is 15.4 Å². The van der Waals surface area contributed by atoms with E-state index in [0.717, 1.165) is 5.56 Å². The van der Waals surface area contributed by atoms with Gasteiger partial charge in [0.1, 0.15) is 6.04 Å². The highest BCUT2D eigenvalue weighted by Gasteiger charge is 2.19. The third-order valence-electron chi connectivity index (χ3n) is 3.60. The molecule has 7 nitrogen and oxygen atoms in total. The molecule has 0 heterocycles. The van der Waals surface area contributed by atoms with Gasteiger partial charge in [0, 0.05) is 11.3 Å². The van der Waals surface area contributed by atoms with E-state index in [4.69, 9.17) is 10.00 Å². The van der Waals surface area contributed by atoms with Crippen molar-refractivity contribution in [2.75, 3.05) is 11.9 Å². The van der Waals surface area contributed by atoms with E-state index in [9.17, 15) is 14.4 Å². The van der Waals surface area contributed by atoms with Crippen molar-refractivity contribution >= 4 is 23.5 Å². The molecule has 0 aromatic heterocycles. The molecule has 2 aromatic carbocycles. The number of carbonyl (C=O) groups excluding carboxylic acids is 3. The first-order valence-corrected chi connectivity index (χ1v) is 8.28. The molecule has 0 spiro atoms. The van der Waals surface area contributed by atoms with Crippen molar-refractivity contribution in [3.63, 3.8) is 0 Å². The van der Waals surface area contributed by atoms with Crippen molar-refractivity contribution in [1.82, 2.24) is 5.32 Å². The first kappa shape index (κ1) is 19.7. The van der Waals surface area contributed by atoms with Crippen LogP contribution < -0.4 is 10.6 Å². The van der Waals surface area contributed by atoms with Crippen LogP contribution in [0, 0.1) is 11.3 Å². The largest absolute Gasteiger partial charge is 0.454 e. The molecule has 0 fully saturated rings. The fraction of sp³-hybridized carbons (Fsp3) is 0.200. The molecule has 138 valence electrons. The summed E-state index contributed by atoms with van der Waals surface area (Å²) < 4.78 is 4.93. The van der Waals surface area contributed by atoms with Gasteiger partial charge in [0.15, 0.2) is 6.61 Å². The van der Waals surface area contributed by atoms with E-state index in [-0.39, 0.29) is 0 Å². The zero-order valence-electron chi connectivity index (χ0n) is 14.8. The van der Waals surface area contributed by atoms with Crippen molar-refractivity contribution in [3.05, 3.63) is 65.7 Å². The van der Waals surface area contributed by atoms with E-state index in [1.807, 2.05) is 6.07 Å². The summed E-state index contributed by atoms with van der Waals surface area (Å²) in [5, 5.41) is 13.7. The van der Waals surface area contributed by atoms with Crippen LogP contribution in [0.2, 0.25) is 0 Å². The Hall–Kier alpha value is -3.66. The van der Waals surface area contributed by atoms with Crippen LogP contribution in [-0.4, -0.2) is 30.4 Å². The zero-order valence-corrected chi connectivity index (χ0v) is 14.8. The smallest absolute Gasteiger partial charge is 0.328 e. The Kier molecular flexibility index (Phi) is 7.08. The zero-order chi connectivity index (χ0) is 19.6. The van der Waals surface area contributed by atoms with Crippen LogP contribution >= 0.6 is 0 Å². The Morgan fingerprint density at radius 1 is 1.07 bits per heavy atom. The lowest BCUT2D eigenvalue weighted by Crippen LogP contribution is -2.40.